The molecule has 0 aliphatic carbocycles. The number of pyridine rings is 1. The van der Waals surface area contributed by atoms with Gasteiger partial charge in [0.15, 0.2) is 0 Å². The highest BCUT2D eigenvalue weighted by Crippen LogP contribution is 2.39. The fourth-order valence-corrected chi connectivity index (χ4v) is 3.38. The summed E-state index contributed by atoms with van der Waals surface area (Å²) >= 11 is 5.84. The van der Waals surface area contributed by atoms with Gasteiger partial charge in [-0.3, -0.25) is 4.98 Å². The van der Waals surface area contributed by atoms with Gasteiger partial charge in [0.05, 0.1) is 23.7 Å². The summed E-state index contributed by atoms with van der Waals surface area (Å²) in [6.45, 7) is 5.75. The molecule has 0 radical (unpaired) electrons. The van der Waals surface area contributed by atoms with Crippen molar-refractivity contribution < 1.29 is 19.0 Å². The number of hydrogen-bond donors (Lipinski definition) is 1. The number of ether oxygens (including phenoxy) is 1. The van der Waals surface area contributed by atoms with E-state index in [-0.39, 0.29) is 23.0 Å². The van der Waals surface area contributed by atoms with Gasteiger partial charge in [-0.05, 0) is 28.7 Å². The second-order valence-corrected chi connectivity index (χ2v) is 8.04. The number of hydrogen-bond acceptors (Lipinski definition) is 4. The maximum absolute atomic E-state index is 14.2. The molecule has 0 aliphatic rings. The number of carbonyl (C=O) groups is 1. The van der Waals surface area contributed by atoms with E-state index >= 15 is 0 Å². The third-order valence-corrected chi connectivity index (χ3v) is 5.08. The average Bonchev–Trinajstić information content (AvgIpc) is 2.62. The average molecular weight is 394 g/mol. The highest BCUT2D eigenvalue weighted by Gasteiger charge is 2.35. The summed E-state index contributed by atoms with van der Waals surface area (Å²) in [6, 6.07) is 6.60. The maximum Gasteiger partial charge on any atom is 0.145 e. The van der Waals surface area contributed by atoms with Gasteiger partial charge < -0.3 is 14.6 Å². The van der Waals surface area contributed by atoms with Gasteiger partial charge in [-0.1, -0.05) is 44.5 Å². The standard InChI is InChI=1S/C21H25ClFNO3/c1-21(2,3)16(12-26)15(11-25)20-18(27-4)9-13(10-24-20)8-14-6-5-7-17(22)19(14)23/h5-7,9-11,15-16,26H,8,12H2,1-4H3/t15?,16-/m0/s1. The molecule has 0 saturated carbocycles. The predicted molar refractivity (Wildman–Crippen MR) is 104 cm³/mol. The first-order valence-corrected chi connectivity index (χ1v) is 9.12. The van der Waals surface area contributed by atoms with E-state index in [4.69, 9.17) is 16.3 Å². The summed E-state index contributed by atoms with van der Waals surface area (Å²) in [4.78, 5) is 16.2. The Morgan fingerprint density at radius 1 is 1.37 bits per heavy atom. The third-order valence-electron chi connectivity index (χ3n) is 4.79. The topological polar surface area (TPSA) is 59.4 Å². The minimum atomic E-state index is -0.609. The zero-order valence-corrected chi connectivity index (χ0v) is 16.8. The highest BCUT2D eigenvalue weighted by molar-refractivity contribution is 6.30. The second kappa shape index (κ2) is 8.81. The smallest absolute Gasteiger partial charge is 0.145 e. The number of nitrogens with zero attached hydrogens (tertiary/aromatic N) is 1. The Hall–Kier alpha value is -1.98. The summed E-state index contributed by atoms with van der Waals surface area (Å²) in [5.41, 5.74) is 1.36. The summed E-state index contributed by atoms with van der Waals surface area (Å²) in [5.74, 6) is -0.940. The molecule has 0 saturated heterocycles. The van der Waals surface area contributed by atoms with Crippen LogP contribution >= 0.6 is 11.6 Å². The van der Waals surface area contributed by atoms with Gasteiger partial charge in [-0.2, -0.15) is 0 Å². The molecule has 146 valence electrons. The first-order valence-electron chi connectivity index (χ1n) is 8.74. The lowest BCUT2D eigenvalue weighted by Gasteiger charge is -2.33. The second-order valence-electron chi connectivity index (χ2n) is 7.64. The van der Waals surface area contributed by atoms with Gasteiger partial charge in [0.1, 0.15) is 17.9 Å². The fourth-order valence-electron chi connectivity index (χ4n) is 3.19. The number of benzene rings is 1. The van der Waals surface area contributed by atoms with E-state index in [1.165, 1.54) is 13.2 Å². The first-order chi connectivity index (χ1) is 12.7. The van der Waals surface area contributed by atoms with Crippen molar-refractivity contribution in [3.63, 3.8) is 0 Å². The summed E-state index contributed by atoms with van der Waals surface area (Å²) < 4.78 is 19.6. The number of aliphatic hydroxyl groups is 1. The van der Waals surface area contributed by atoms with Crippen LogP contribution in [-0.2, 0) is 11.2 Å². The number of aldehydes is 1. The van der Waals surface area contributed by atoms with Gasteiger partial charge in [0.25, 0.3) is 0 Å². The molecule has 1 aromatic heterocycles. The Bertz CT molecular complexity index is 804. The van der Waals surface area contributed by atoms with Gasteiger partial charge in [0, 0.05) is 25.1 Å². The molecular weight excluding hydrogens is 369 g/mol. The van der Waals surface area contributed by atoms with Crippen molar-refractivity contribution in [3.05, 3.63) is 58.1 Å². The summed E-state index contributed by atoms with van der Waals surface area (Å²) in [5, 5.41) is 9.88. The molecule has 1 aromatic carbocycles. The number of aliphatic hydroxyl groups excluding tert-OH is 1. The summed E-state index contributed by atoms with van der Waals surface area (Å²) in [6.07, 6.45) is 2.70. The quantitative estimate of drug-likeness (QED) is 0.708. The minimum absolute atomic E-state index is 0.0704. The SMILES string of the molecule is COc1cc(Cc2cccc(Cl)c2F)cnc1C(C=O)[C@H](CO)C(C)(C)C. The summed E-state index contributed by atoms with van der Waals surface area (Å²) in [7, 11) is 1.50. The van der Waals surface area contributed by atoms with Gasteiger partial charge in [-0.15, -0.1) is 0 Å². The molecule has 0 aliphatic heterocycles. The van der Waals surface area contributed by atoms with Gasteiger partial charge in [0.2, 0.25) is 0 Å². The molecule has 2 atom stereocenters. The molecule has 2 aromatic rings. The molecule has 6 heteroatoms. The van der Waals surface area contributed by atoms with Crippen LogP contribution in [0, 0.1) is 17.2 Å². The lowest BCUT2D eigenvalue weighted by molar-refractivity contribution is -0.111. The third kappa shape index (κ3) is 4.85. The number of methoxy groups -OCH3 is 1. The largest absolute Gasteiger partial charge is 0.495 e. The van der Waals surface area contributed by atoms with Crippen LogP contribution in [0.1, 0.15) is 43.5 Å². The molecule has 0 spiro atoms. The van der Waals surface area contributed by atoms with E-state index in [0.29, 0.717) is 23.4 Å². The lowest BCUT2D eigenvalue weighted by Crippen LogP contribution is -2.31. The molecular formula is C21H25ClFNO3. The van der Waals surface area contributed by atoms with Gasteiger partial charge >= 0.3 is 0 Å². The van der Waals surface area contributed by atoms with Crippen molar-refractivity contribution in [2.75, 3.05) is 13.7 Å². The number of halogens is 2. The fraction of sp³-hybridized carbons (Fsp3) is 0.429. The van der Waals surface area contributed by atoms with Crippen LogP contribution in [0.15, 0.2) is 30.5 Å². The van der Waals surface area contributed by atoms with Crippen molar-refractivity contribution in [3.8, 4) is 5.75 Å². The molecule has 1 heterocycles. The minimum Gasteiger partial charge on any atom is -0.495 e. The van der Waals surface area contributed by atoms with E-state index in [1.807, 2.05) is 20.8 Å². The van der Waals surface area contributed by atoms with E-state index in [2.05, 4.69) is 4.98 Å². The lowest BCUT2D eigenvalue weighted by atomic mass is 9.72. The molecule has 4 nitrogen and oxygen atoms in total. The number of aromatic nitrogens is 1. The Kier molecular flexibility index (Phi) is 6.95. The Labute approximate surface area is 164 Å². The van der Waals surface area contributed by atoms with E-state index < -0.39 is 11.7 Å². The van der Waals surface area contributed by atoms with Crippen LogP contribution < -0.4 is 4.74 Å². The molecule has 0 amide bonds. The van der Waals surface area contributed by atoms with Crippen LogP contribution in [0.2, 0.25) is 5.02 Å². The first kappa shape index (κ1) is 21.3. The van der Waals surface area contributed by atoms with Crippen molar-refractivity contribution >= 4 is 17.9 Å². The Morgan fingerprint density at radius 2 is 2.07 bits per heavy atom. The number of carbonyl (C=O) groups excluding carboxylic acids is 1. The number of rotatable bonds is 7. The Balaban J connectivity index is 2.40. The van der Waals surface area contributed by atoms with Crippen LogP contribution in [0.5, 0.6) is 5.75 Å². The predicted octanol–water partition coefficient (Wildman–Crippen LogP) is 4.41. The van der Waals surface area contributed by atoms with Crippen LogP contribution in [-0.4, -0.2) is 30.1 Å². The van der Waals surface area contributed by atoms with E-state index in [9.17, 15) is 14.3 Å². The zero-order chi connectivity index (χ0) is 20.2. The van der Waals surface area contributed by atoms with E-state index in [0.717, 1.165) is 11.8 Å². The highest BCUT2D eigenvalue weighted by atomic mass is 35.5. The molecule has 1 N–H and O–H groups in total. The molecule has 0 fully saturated rings. The zero-order valence-electron chi connectivity index (χ0n) is 16.0. The Morgan fingerprint density at radius 3 is 2.63 bits per heavy atom. The van der Waals surface area contributed by atoms with Crippen molar-refractivity contribution in [2.45, 2.75) is 33.1 Å². The van der Waals surface area contributed by atoms with Crippen LogP contribution in [0.3, 0.4) is 0 Å². The van der Waals surface area contributed by atoms with Crippen LogP contribution in [0.25, 0.3) is 0 Å². The maximum atomic E-state index is 14.2. The monoisotopic (exact) mass is 393 g/mol. The van der Waals surface area contributed by atoms with Crippen molar-refractivity contribution in [1.29, 1.82) is 0 Å². The van der Waals surface area contributed by atoms with E-state index in [1.54, 1.807) is 24.4 Å². The van der Waals surface area contributed by atoms with Crippen molar-refractivity contribution in [2.24, 2.45) is 11.3 Å². The van der Waals surface area contributed by atoms with Crippen LogP contribution in [0.4, 0.5) is 4.39 Å². The molecule has 27 heavy (non-hydrogen) atoms. The molecule has 0 bridgehead atoms. The van der Waals surface area contributed by atoms with Gasteiger partial charge in [-0.25, -0.2) is 4.39 Å². The van der Waals surface area contributed by atoms with Crippen molar-refractivity contribution in [1.82, 2.24) is 4.98 Å². The molecule has 2 rings (SSSR count). The molecule has 1 unspecified atom stereocenters. The normalized spacial score (nSPS) is 13.9.